The van der Waals surface area contributed by atoms with E-state index in [-0.39, 0.29) is 24.7 Å². The molecule has 1 fully saturated rings. The van der Waals surface area contributed by atoms with Crippen LogP contribution in [-0.2, 0) is 19.6 Å². The van der Waals surface area contributed by atoms with Gasteiger partial charge in [-0.1, -0.05) is 12.1 Å². The second-order valence-electron chi connectivity index (χ2n) is 6.34. The maximum Gasteiger partial charge on any atom is 0.240 e. The summed E-state index contributed by atoms with van der Waals surface area (Å²) in [4.78, 5) is 12.3. The van der Waals surface area contributed by atoms with Crippen molar-refractivity contribution in [2.24, 2.45) is 0 Å². The number of para-hydroxylation sites is 2. The molecule has 140 valence electrons. The zero-order valence-electron chi connectivity index (χ0n) is 14.9. The van der Waals surface area contributed by atoms with Crippen molar-refractivity contribution in [1.82, 2.24) is 5.32 Å². The lowest BCUT2D eigenvalue weighted by atomic mass is 10.2. The third-order valence-electron chi connectivity index (χ3n) is 3.74. The Morgan fingerprint density at radius 3 is 2.72 bits per heavy atom. The van der Waals surface area contributed by atoms with E-state index in [4.69, 9.17) is 9.47 Å². The normalized spacial score (nSPS) is 17.5. The van der Waals surface area contributed by atoms with Crippen molar-refractivity contribution in [1.29, 1.82) is 0 Å². The molecule has 1 aliphatic heterocycles. The van der Waals surface area contributed by atoms with Crippen LogP contribution in [-0.4, -0.2) is 52.5 Å². The average molecular weight is 370 g/mol. The molecule has 0 aromatic heterocycles. The number of benzene rings is 1. The van der Waals surface area contributed by atoms with Gasteiger partial charge in [-0.2, -0.15) is 0 Å². The van der Waals surface area contributed by atoms with Crippen LogP contribution in [0.2, 0.25) is 0 Å². The monoisotopic (exact) mass is 370 g/mol. The smallest absolute Gasteiger partial charge is 0.240 e. The van der Waals surface area contributed by atoms with Gasteiger partial charge in [-0.05, 0) is 38.8 Å². The van der Waals surface area contributed by atoms with E-state index in [9.17, 15) is 13.2 Å². The fourth-order valence-electron chi connectivity index (χ4n) is 2.62. The highest BCUT2D eigenvalue weighted by Gasteiger charge is 2.25. The number of hydrogen-bond acceptors (Lipinski definition) is 5. The maximum absolute atomic E-state index is 12.3. The molecule has 1 heterocycles. The minimum absolute atomic E-state index is 0.00666. The number of nitrogens with zero attached hydrogens (tertiary/aromatic N) is 1. The van der Waals surface area contributed by atoms with Crippen molar-refractivity contribution in [3.05, 3.63) is 24.3 Å². The van der Waals surface area contributed by atoms with Crippen LogP contribution in [0.1, 0.15) is 26.7 Å². The number of anilines is 1. The molecule has 0 spiro atoms. The summed E-state index contributed by atoms with van der Waals surface area (Å²) in [5, 5.41) is 2.75. The van der Waals surface area contributed by atoms with Gasteiger partial charge in [0.25, 0.3) is 0 Å². The van der Waals surface area contributed by atoms with Crippen molar-refractivity contribution in [2.45, 2.75) is 38.9 Å². The van der Waals surface area contributed by atoms with Gasteiger partial charge in [-0.25, -0.2) is 8.42 Å². The molecule has 25 heavy (non-hydrogen) atoms. The van der Waals surface area contributed by atoms with E-state index in [1.807, 2.05) is 13.8 Å². The van der Waals surface area contributed by atoms with Crippen molar-refractivity contribution >= 4 is 21.6 Å². The minimum atomic E-state index is -3.65. The number of sulfonamides is 1. The van der Waals surface area contributed by atoms with Gasteiger partial charge in [0.1, 0.15) is 12.3 Å². The second kappa shape index (κ2) is 8.53. The summed E-state index contributed by atoms with van der Waals surface area (Å²) in [6, 6.07) is 6.80. The van der Waals surface area contributed by atoms with Crippen LogP contribution >= 0.6 is 0 Å². The standard InChI is InChI=1S/C17H26N2O5S/c1-13(2)24-16-9-5-4-8-15(16)19(25(3,21)22)12-17(20)18-11-14-7-6-10-23-14/h4-5,8-9,13-14H,6-7,10-12H2,1-3H3,(H,18,20). The molecule has 0 radical (unpaired) electrons. The van der Waals surface area contributed by atoms with Gasteiger partial charge >= 0.3 is 0 Å². The largest absolute Gasteiger partial charge is 0.489 e. The number of ether oxygens (including phenoxy) is 2. The van der Waals surface area contributed by atoms with Gasteiger partial charge in [0.05, 0.1) is 24.2 Å². The molecule has 2 rings (SSSR count). The molecule has 0 bridgehead atoms. The summed E-state index contributed by atoms with van der Waals surface area (Å²) >= 11 is 0. The van der Waals surface area contributed by atoms with Crippen LogP contribution in [0.4, 0.5) is 5.69 Å². The Labute approximate surface area is 149 Å². The fraction of sp³-hybridized carbons (Fsp3) is 0.588. The van der Waals surface area contributed by atoms with E-state index in [0.29, 0.717) is 24.6 Å². The maximum atomic E-state index is 12.3. The third-order valence-corrected chi connectivity index (χ3v) is 4.86. The Morgan fingerprint density at radius 2 is 2.12 bits per heavy atom. The van der Waals surface area contributed by atoms with E-state index in [1.54, 1.807) is 24.3 Å². The first-order valence-electron chi connectivity index (χ1n) is 8.39. The van der Waals surface area contributed by atoms with Crippen LogP contribution in [0.5, 0.6) is 5.75 Å². The Hall–Kier alpha value is -1.80. The van der Waals surface area contributed by atoms with Gasteiger partial charge < -0.3 is 14.8 Å². The van der Waals surface area contributed by atoms with Crippen molar-refractivity contribution in [3.63, 3.8) is 0 Å². The predicted molar refractivity (Wildman–Crippen MR) is 96.4 cm³/mol. The molecule has 0 saturated carbocycles. The number of carbonyl (C=O) groups excluding carboxylic acids is 1. The average Bonchev–Trinajstić information content (AvgIpc) is 3.03. The van der Waals surface area contributed by atoms with Crippen LogP contribution in [0.3, 0.4) is 0 Å². The van der Waals surface area contributed by atoms with Crippen LogP contribution in [0.25, 0.3) is 0 Å². The first kappa shape index (κ1) is 19.5. The molecule has 1 N–H and O–H groups in total. The molecular weight excluding hydrogens is 344 g/mol. The minimum Gasteiger partial charge on any atom is -0.489 e. The fourth-order valence-corrected chi connectivity index (χ4v) is 3.48. The molecule has 0 aliphatic carbocycles. The summed E-state index contributed by atoms with van der Waals surface area (Å²) in [6.07, 6.45) is 2.85. The van der Waals surface area contributed by atoms with Crippen molar-refractivity contribution < 1.29 is 22.7 Å². The molecule has 1 atom stereocenters. The van der Waals surface area contributed by atoms with E-state index in [1.165, 1.54) is 0 Å². The highest BCUT2D eigenvalue weighted by atomic mass is 32.2. The zero-order chi connectivity index (χ0) is 18.4. The lowest BCUT2D eigenvalue weighted by molar-refractivity contribution is -0.120. The van der Waals surface area contributed by atoms with E-state index < -0.39 is 10.0 Å². The Balaban J connectivity index is 2.12. The molecule has 7 nitrogen and oxygen atoms in total. The lowest BCUT2D eigenvalue weighted by Crippen LogP contribution is -2.42. The third kappa shape index (κ3) is 5.89. The lowest BCUT2D eigenvalue weighted by Gasteiger charge is -2.25. The summed E-state index contributed by atoms with van der Waals surface area (Å²) in [6.45, 7) is 4.51. The molecule has 1 saturated heterocycles. The molecule has 8 heteroatoms. The number of hydrogen-bond donors (Lipinski definition) is 1. The first-order valence-corrected chi connectivity index (χ1v) is 10.2. The first-order chi connectivity index (χ1) is 11.8. The van der Waals surface area contributed by atoms with E-state index >= 15 is 0 Å². The van der Waals surface area contributed by atoms with Crippen LogP contribution < -0.4 is 14.4 Å². The zero-order valence-corrected chi connectivity index (χ0v) is 15.7. The predicted octanol–water partition coefficient (Wildman–Crippen LogP) is 1.54. The summed E-state index contributed by atoms with van der Waals surface area (Å²) in [5.41, 5.74) is 0.353. The summed E-state index contributed by atoms with van der Waals surface area (Å²) in [5.74, 6) is 0.0510. The Bertz CT molecular complexity index is 684. The number of carbonyl (C=O) groups is 1. The van der Waals surface area contributed by atoms with Crippen LogP contribution in [0, 0.1) is 0 Å². The van der Waals surface area contributed by atoms with Gasteiger partial charge in [0, 0.05) is 13.2 Å². The summed E-state index contributed by atoms with van der Waals surface area (Å²) in [7, 11) is -3.65. The Morgan fingerprint density at radius 1 is 1.40 bits per heavy atom. The number of rotatable bonds is 8. The van der Waals surface area contributed by atoms with Gasteiger partial charge in [0.2, 0.25) is 15.9 Å². The van der Waals surface area contributed by atoms with Gasteiger partial charge in [-0.3, -0.25) is 9.10 Å². The number of amides is 1. The van der Waals surface area contributed by atoms with Crippen LogP contribution in [0.15, 0.2) is 24.3 Å². The number of nitrogens with one attached hydrogen (secondary N) is 1. The second-order valence-corrected chi connectivity index (χ2v) is 8.25. The molecule has 1 unspecified atom stereocenters. The highest BCUT2D eigenvalue weighted by molar-refractivity contribution is 7.92. The van der Waals surface area contributed by atoms with E-state index in [0.717, 1.165) is 23.4 Å². The molecule has 1 aliphatic rings. The SMILES string of the molecule is CC(C)Oc1ccccc1N(CC(=O)NCC1CCCO1)S(C)(=O)=O. The molecule has 1 aromatic carbocycles. The summed E-state index contributed by atoms with van der Waals surface area (Å²) < 4.78 is 36.7. The molecular formula is C17H26N2O5S. The quantitative estimate of drug-likeness (QED) is 0.750. The molecule has 1 aromatic rings. The Kier molecular flexibility index (Phi) is 6.66. The van der Waals surface area contributed by atoms with Gasteiger partial charge in [0.15, 0.2) is 0 Å². The van der Waals surface area contributed by atoms with Crippen molar-refractivity contribution in [3.8, 4) is 5.75 Å². The molecule has 1 amide bonds. The van der Waals surface area contributed by atoms with Gasteiger partial charge in [-0.15, -0.1) is 0 Å². The van der Waals surface area contributed by atoms with Crippen molar-refractivity contribution in [2.75, 3.05) is 30.3 Å². The highest BCUT2D eigenvalue weighted by Crippen LogP contribution is 2.30. The van der Waals surface area contributed by atoms with E-state index in [2.05, 4.69) is 5.32 Å². The topological polar surface area (TPSA) is 84.9 Å².